The Morgan fingerprint density at radius 3 is 2.92 bits per heavy atom. The van der Waals surface area contributed by atoms with Crippen LogP contribution in [0.3, 0.4) is 0 Å². The Morgan fingerprint density at radius 1 is 1.28 bits per heavy atom. The molecule has 6 heteroatoms. The Hall–Kier alpha value is -1.82. The van der Waals surface area contributed by atoms with E-state index in [0.29, 0.717) is 17.3 Å². The van der Waals surface area contributed by atoms with Crippen LogP contribution < -0.4 is 5.32 Å². The summed E-state index contributed by atoms with van der Waals surface area (Å²) in [5.41, 5.74) is 3.16. The van der Waals surface area contributed by atoms with Gasteiger partial charge in [-0.25, -0.2) is 4.79 Å². The van der Waals surface area contributed by atoms with Gasteiger partial charge in [0.15, 0.2) is 0 Å². The van der Waals surface area contributed by atoms with Gasteiger partial charge in [0, 0.05) is 36.0 Å². The lowest BCUT2D eigenvalue weighted by Crippen LogP contribution is -2.44. The maximum absolute atomic E-state index is 11.9. The number of fused-ring (bicyclic) bond motifs is 1. The van der Waals surface area contributed by atoms with Gasteiger partial charge in [0.05, 0.1) is 5.69 Å². The Bertz CT molecular complexity index is 724. The van der Waals surface area contributed by atoms with Crippen LogP contribution in [0.2, 0.25) is 0 Å². The highest BCUT2D eigenvalue weighted by molar-refractivity contribution is 7.12. The van der Waals surface area contributed by atoms with Crippen LogP contribution in [-0.4, -0.2) is 40.5 Å². The van der Waals surface area contributed by atoms with E-state index in [1.165, 1.54) is 29.8 Å². The third-order valence-electron chi connectivity index (χ3n) is 5.70. The van der Waals surface area contributed by atoms with Crippen LogP contribution in [0.25, 0.3) is 5.57 Å². The van der Waals surface area contributed by atoms with E-state index in [0.717, 1.165) is 49.9 Å². The maximum atomic E-state index is 11.9. The van der Waals surface area contributed by atoms with Gasteiger partial charge in [-0.1, -0.05) is 6.08 Å². The first-order chi connectivity index (χ1) is 12.1. The van der Waals surface area contributed by atoms with Gasteiger partial charge in [-0.2, -0.15) is 0 Å². The van der Waals surface area contributed by atoms with Crippen molar-refractivity contribution >= 4 is 34.5 Å². The number of rotatable bonds is 4. The van der Waals surface area contributed by atoms with E-state index in [2.05, 4.69) is 11.4 Å². The third-order valence-corrected chi connectivity index (χ3v) is 6.67. The van der Waals surface area contributed by atoms with E-state index in [1.54, 1.807) is 0 Å². The lowest BCUT2D eigenvalue weighted by molar-refractivity contribution is -0.129. The number of hydrogen-bond acceptors (Lipinski definition) is 4. The predicted molar refractivity (Wildman–Crippen MR) is 99.1 cm³/mol. The number of allylic oxidation sites excluding steroid dienone is 2. The smallest absolute Gasteiger partial charge is 0.348 e. The highest BCUT2D eigenvalue weighted by Crippen LogP contribution is 2.39. The van der Waals surface area contributed by atoms with Gasteiger partial charge in [-0.05, 0) is 50.5 Å². The summed E-state index contributed by atoms with van der Waals surface area (Å²) in [5, 5.41) is 15.1. The third kappa shape index (κ3) is 3.19. The molecule has 5 nitrogen and oxygen atoms in total. The monoisotopic (exact) mass is 360 g/mol. The number of carboxylic acids is 1. The molecule has 2 N–H and O–H groups in total. The van der Waals surface area contributed by atoms with Crippen LogP contribution in [0, 0.1) is 0 Å². The number of piperidine rings is 1. The number of hydrogen-bond donors (Lipinski definition) is 2. The van der Waals surface area contributed by atoms with Gasteiger partial charge in [0.1, 0.15) is 4.88 Å². The van der Waals surface area contributed by atoms with Gasteiger partial charge >= 0.3 is 5.97 Å². The lowest BCUT2D eigenvalue weighted by atomic mass is 9.93. The number of amides is 1. The van der Waals surface area contributed by atoms with Crippen molar-refractivity contribution in [2.45, 2.75) is 63.5 Å². The van der Waals surface area contributed by atoms with Gasteiger partial charge in [0.25, 0.3) is 0 Å². The first-order valence-electron chi connectivity index (χ1n) is 9.23. The van der Waals surface area contributed by atoms with Gasteiger partial charge in [-0.3, -0.25) is 4.79 Å². The molecule has 0 radical (unpaired) electrons. The van der Waals surface area contributed by atoms with Crippen LogP contribution in [-0.2, 0) is 4.79 Å². The van der Waals surface area contributed by atoms with Crippen molar-refractivity contribution in [1.29, 1.82) is 0 Å². The molecule has 1 amide bonds. The minimum atomic E-state index is -0.858. The van der Waals surface area contributed by atoms with Crippen molar-refractivity contribution in [3.05, 3.63) is 21.9 Å². The fraction of sp³-hybridized carbons (Fsp3) is 0.579. The molecule has 0 aromatic carbocycles. The van der Waals surface area contributed by atoms with Gasteiger partial charge in [-0.15, -0.1) is 11.3 Å². The maximum Gasteiger partial charge on any atom is 0.348 e. The van der Waals surface area contributed by atoms with Gasteiger partial charge in [0.2, 0.25) is 5.91 Å². The number of aromatic carboxylic acids is 1. The van der Waals surface area contributed by atoms with E-state index in [4.69, 9.17) is 0 Å². The van der Waals surface area contributed by atoms with E-state index in [9.17, 15) is 14.7 Å². The summed E-state index contributed by atoms with van der Waals surface area (Å²) in [5.74, 6) is -0.582. The van der Waals surface area contributed by atoms with Crippen molar-refractivity contribution in [2.24, 2.45) is 0 Å². The van der Waals surface area contributed by atoms with Crippen molar-refractivity contribution in [1.82, 2.24) is 4.90 Å². The standard InChI is InChI=1S/C19H24N2O3S/c22-16-7-6-14-10-13(8-9-21(14)16)20-17-15(11-25-18(17)19(23)24)12-4-2-1-3-5-12/h4,11,13-14,20H,1-3,5-10H2,(H,23,24). The van der Waals surface area contributed by atoms with Crippen LogP contribution in [0.1, 0.15) is 66.6 Å². The molecule has 0 saturated carbocycles. The Kier molecular flexibility index (Phi) is 4.54. The van der Waals surface area contributed by atoms with Crippen LogP contribution in [0.5, 0.6) is 0 Å². The summed E-state index contributed by atoms with van der Waals surface area (Å²) in [6.07, 6.45) is 10.2. The topological polar surface area (TPSA) is 69.6 Å². The molecule has 3 aliphatic rings. The molecule has 2 saturated heterocycles. The molecular formula is C19H24N2O3S. The predicted octanol–water partition coefficient (Wildman–Crippen LogP) is 3.97. The van der Waals surface area contributed by atoms with Crippen molar-refractivity contribution in [2.75, 3.05) is 11.9 Å². The molecule has 134 valence electrons. The second-order valence-corrected chi connectivity index (χ2v) is 8.16. The molecule has 2 fully saturated rings. The number of nitrogens with zero attached hydrogens (tertiary/aromatic N) is 1. The number of carbonyl (C=O) groups is 2. The summed E-state index contributed by atoms with van der Waals surface area (Å²) in [4.78, 5) is 26.0. The molecule has 2 aliphatic heterocycles. The first-order valence-corrected chi connectivity index (χ1v) is 10.1. The first kappa shape index (κ1) is 16.6. The SMILES string of the molecule is O=C(O)c1scc(C2=CCCCC2)c1NC1CCN2C(=O)CCC2C1. The van der Waals surface area contributed by atoms with Crippen molar-refractivity contribution < 1.29 is 14.7 Å². The second-order valence-electron chi connectivity index (χ2n) is 7.28. The molecule has 0 bridgehead atoms. The largest absolute Gasteiger partial charge is 0.477 e. The summed E-state index contributed by atoms with van der Waals surface area (Å²) in [6, 6.07) is 0.561. The summed E-state index contributed by atoms with van der Waals surface area (Å²) in [7, 11) is 0. The van der Waals surface area contributed by atoms with Crippen LogP contribution >= 0.6 is 11.3 Å². The Balaban J connectivity index is 1.57. The zero-order valence-corrected chi connectivity index (χ0v) is 15.1. The van der Waals surface area contributed by atoms with E-state index in [-0.39, 0.29) is 11.9 Å². The number of anilines is 1. The van der Waals surface area contributed by atoms with Crippen LogP contribution in [0.4, 0.5) is 5.69 Å². The van der Waals surface area contributed by atoms with E-state index in [1.807, 2.05) is 10.3 Å². The number of thiophene rings is 1. The molecule has 25 heavy (non-hydrogen) atoms. The Morgan fingerprint density at radius 2 is 2.16 bits per heavy atom. The van der Waals surface area contributed by atoms with Crippen molar-refractivity contribution in [3.63, 3.8) is 0 Å². The Labute approximate surface area is 151 Å². The molecule has 3 heterocycles. The summed E-state index contributed by atoms with van der Waals surface area (Å²) in [6.45, 7) is 0.783. The van der Waals surface area contributed by atoms with Gasteiger partial charge < -0.3 is 15.3 Å². The molecule has 1 aromatic rings. The fourth-order valence-electron chi connectivity index (χ4n) is 4.40. The average Bonchev–Trinajstić information content (AvgIpc) is 3.20. The highest BCUT2D eigenvalue weighted by Gasteiger charge is 2.37. The molecule has 0 spiro atoms. The number of carboxylic acid groups (broad SMARTS) is 1. The number of carbonyl (C=O) groups excluding carboxylic acids is 1. The zero-order valence-electron chi connectivity index (χ0n) is 14.3. The van der Waals surface area contributed by atoms with Crippen LogP contribution in [0.15, 0.2) is 11.5 Å². The lowest BCUT2D eigenvalue weighted by Gasteiger charge is -2.36. The van der Waals surface area contributed by atoms with Crippen molar-refractivity contribution in [3.8, 4) is 0 Å². The molecular weight excluding hydrogens is 336 g/mol. The second kappa shape index (κ2) is 6.83. The number of nitrogens with one attached hydrogen (secondary N) is 1. The van der Waals surface area contributed by atoms with E-state index >= 15 is 0 Å². The summed E-state index contributed by atoms with van der Waals surface area (Å²) >= 11 is 1.32. The fourth-order valence-corrected chi connectivity index (χ4v) is 5.29. The minimum absolute atomic E-state index is 0.239. The molecule has 1 aromatic heterocycles. The normalized spacial score (nSPS) is 26.3. The van der Waals surface area contributed by atoms with E-state index < -0.39 is 5.97 Å². The molecule has 4 rings (SSSR count). The molecule has 2 atom stereocenters. The molecule has 1 aliphatic carbocycles. The zero-order chi connectivity index (χ0) is 17.4. The quantitative estimate of drug-likeness (QED) is 0.852. The molecule has 2 unspecified atom stereocenters. The highest BCUT2D eigenvalue weighted by atomic mass is 32.1. The summed E-state index contributed by atoms with van der Waals surface area (Å²) < 4.78 is 0. The average molecular weight is 360 g/mol. The minimum Gasteiger partial charge on any atom is -0.477 e.